The lowest BCUT2D eigenvalue weighted by molar-refractivity contribution is -0.146. The smallest absolute Gasteiger partial charge is 0.320 e. The summed E-state index contributed by atoms with van der Waals surface area (Å²) in [4.78, 5) is 11.4. The third-order valence-electron chi connectivity index (χ3n) is 3.31. The van der Waals surface area contributed by atoms with Crippen LogP contribution in [0.3, 0.4) is 0 Å². The summed E-state index contributed by atoms with van der Waals surface area (Å²) >= 11 is 0. The van der Waals surface area contributed by atoms with Crippen LogP contribution in [0.2, 0.25) is 0 Å². The lowest BCUT2D eigenvalue weighted by Gasteiger charge is -2.33. The van der Waals surface area contributed by atoms with Crippen molar-refractivity contribution in [2.75, 3.05) is 6.54 Å². The highest BCUT2D eigenvalue weighted by molar-refractivity contribution is 5.71. The molecular weight excluding hydrogens is 202 g/mol. The molecule has 94 valence electrons. The van der Waals surface area contributed by atoms with Gasteiger partial charge in [0.15, 0.2) is 0 Å². The maximum Gasteiger partial charge on any atom is 0.320 e. The molecule has 3 heteroatoms. The van der Waals surface area contributed by atoms with E-state index in [1.165, 1.54) is 19.3 Å². The molecule has 1 aliphatic carbocycles. The Morgan fingerprint density at radius 1 is 1.38 bits per heavy atom. The van der Waals surface area contributed by atoms with Gasteiger partial charge in [-0.1, -0.05) is 13.8 Å². The summed E-state index contributed by atoms with van der Waals surface area (Å²) in [6.45, 7) is 8.67. The van der Waals surface area contributed by atoms with Gasteiger partial charge in [0.25, 0.3) is 0 Å². The molecule has 1 rings (SSSR count). The van der Waals surface area contributed by atoms with Crippen molar-refractivity contribution in [1.29, 1.82) is 0 Å². The van der Waals surface area contributed by atoms with E-state index in [1.807, 2.05) is 13.8 Å². The average molecular weight is 227 g/mol. The maximum atomic E-state index is 11.4. The fourth-order valence-corrected chi connectivity index (χ4v) is 2.49. The molecule has 1 saturated carbocycles. The number of carbonyl (C=O) groups excluding carboxylic acids is 1. The SMILES string of the molecule is CC1CCC(NCC(=O)OC(C)C)C(C)C1. The van der Waals surface area contributed by atoms with Gasteiger partial charge in [0, 0.05) is 6.04 Å². The number of rotatable bonds is 4. The van der Waals surface area contributed by atoms with Gasteiger partial charge in [0.2, 0.25) is 0 Å². The van der Waals surface area contributed by atoms with Gasteiger partial charge in [0.1, 0.15) is 0 Å². The molecule has 16 heavy (non-hydrogen) atoms. The highest BCUT2D eigenvalue weighted by atomic mass is 16.5. The van der Waals surface area contributed by atoms with Crippen LogP contribution in [0.15, 0.2) is 0 Å². The Balaban J connectivity index is 2.24. The van der Waals surface area contributed by atoms with Crippen LogP contribution in [-0.4, -0.2) is 24.7 Å². The molecule has 1 N–H and O–H groups in total. The summed E-state index contributed by atoms with van der Waals surface area (Å²) in [7, 11) is 0. The van der Waals surface area contributed by atoms with Crippen LogP contribution in [0.1, 0.15) is 47.0 Å². The summed E-state index contributed by atoms with van der Waals surface area (Å²) in [5.41, 5.74) is 0. The summed E-state index contributed by atoms with van der Waals surface area (Å²) in [5, 5.41) is 3.32. The standard InChI is InChI=1S/C13H25NO2/c1-9(2)16-13(15)8-14-12-6-5-10(3)7-11(12)4/h9-12,14H,5-8H2,1-4H3. The van der Waals surface area contributed by atoms with Gasteiger partial charge >= 0.3 is 5.97 Å². The van der Waals surface area contributed by atoms with E-state index in [0.29, 0.717) is 18.5 Å². The molecular formula is C13H25NO2. The second-order valence-corrected chi connectivity index (χ2v) is 5.42. The summed E-state index contributed by atoms with van der Waals surface area (Å²) < 4.78 is 5.10. The van der Waals surface area contributed by atoms with E-state index in [-0.39, 0.29) is 12.1 Å². The van der Waals surface area contributed by atoms with Crippen LogP contribution in [0, 0.1) is 11.8 Å². The minimum atomic E-state index is -0.138. The molecule has 0 aromatic rings. The van der Waals surface area contributed by atoms with Crippen molar-refractivity contribution in [3.63, 3.8) is 0 Å². The minimum absolute atomic E-state index is 0.0156. The maximum absolute atomic E-state index is 11.4. The minimum Gasteiger partial charge on any atom is -0.462 e. The molecule has 0 aliphatic heterocycles. The van der Waals surface area contributed by atoms with Crippen molar-refractivity contribution in [2.24, 2.45) is 11.8 Å². The van der Waals surface area contributed by atoms with Crippen LogP contribution < -0.4 is 5.32 Å². The first-order valence-corrected chi connectivity index (χ1v) is 6.42. The van der Waals surface area contributed by atoms with E-state index < -0.39 is 0 Å². The Morgan fingerprint density at radius 3 is 2.62 bits per heavy atom. The number of hydrogen-bond donors (Lipinski definition) is 1. The Bertz CT molecular complexity index is 228. The molecule has 3 atom stereocenters. The van der Waals surface area contributed by atoms with Gasteiger partial charge in [-0.15, -0.1) is 0 Å². The fourth-order valence-electron chi connectivity index (χ4n) is 2.49. The monoisotopic (exact) mass is 227 g/mol. The van der Waals surface area contributed by atoms with Crippen LogP contribution in [0.4, 0.5) is 0 Å². The fraction of sp³-hybridized carbons (Fsp3) is 0.923. The quantitative estimate of drug-likeness (QED) is 0.749. The highest BCUT2D eigenvalue weighted by Gasteiger charge is 2.25. The molecule has 0 saturated heterocycles. The Kier molecular flexibility index (Phi) is 5.26. The van der Waals surface area contributed by atoms with E-state index >= 15 is 0 Å². The largest absolute Gasteiger partial charge is 0.462 e. The average Bonchev–Trinajstić information content (AvgIpc) is 2.15. The summed E-state index contributed by atoms with van der Waals surface area (Å²) in [5.74, 6) is 1.35. The third-order valence-corrected chi connectivity index (χ3v) is 3.31. The van der Waals surface area contributed by atoms with Crippen LogP contribution >= 0.6 is 0 Å². The third kappa shape index (κ3) is 4.52. The number of esters is 1. The molecule has 3 unspecified atom stereocenters. The molecule has 0 bridgehead atoms. The van der Waals surface area contributed by atoms with E-state index in [4.69, 9.17) is 4.74 Å². The van der Waals surface area contributed by atoms with Crippen molar-refractivity contribution in [1.82, 2.24) is 5.32 Å². The molecule has 0 heterocycles. The molecule has 3 nitrogen and oxygen atoms in total. The van der Waals surface area contributed by atoms with Gasteiger partial charge in [-0.05, 0) is 44.9 Å². The predicted octanol–water partition coefficient (Wildman–Crippen LogP) is 2.35. The van der Waals surface area contributed by atoms with E-state index in [2.05, 4.69) is 19.2 Å². The second-order valence-electron chi connectivity index (χ2n) is 5.42. The van der Waals surface area contributed by atoms with Gasteiger partial charge in [-0.25, -0.2) is 0 Å². The van der Waals surface area contributed by atoms with E-state index in [1.54, 1.807) is 0 Å². The van der Waals surface area contributed by atoms with E-state index in [9.17, 15) is 4.79 Å². The van der Waals surface area contributed by atoms with Crippen LogP contribution in [-0.2, 0) is 9.53 Å². The van der Waals surface area contributed by atoms with Crippen molar-refractivity contribution in [3.05, 3.63) is 0 Å². The van der Waals surface area contributed by atoms with Crippen molar-refractivity contribution in [2.45, 2.75) is 59.1 Å². The zero-order valence-corrected chi connectivity index (χ0v) is 11.0. The summed E-state index contributed by atoms with van der Waals surface area (Å²) in [6.07, 6.45) is 3.69. The molecule has 0 radical (unpaired) electrons. The molecule has 0 spiro atoms. The topological polar surface area (TPSA) is 38.3 Å². The highest BCUT2D eigenvalue weighted by Crippen LogP contribution is 2.28. The molecule has 0 amide bonds. The number of nitrogens with one attached hydrogen (secondary N) is 1. The first-order valence-electron chi connectivity index (χ1n) is 6.42. The number of carbonyl (C=O) groups is 1. The Hall–Kier alpha value is -0.570. The summed E-state index contributed by atoms with van der Waals surface area (Å²) in [6, 6.07) is 0.482. The van der Waals surface area contributed by atoms with Crippen LogP contribution in [0.25, 0.3) is 0 Å². The lowest BCUT2D eigenvalue weighted by Crippen LogP contribution is -2.42. The van der Waals surface area contributed by atoms with Crippen LogP contribution in [0.5, 0.6) is 0 Å². The number of ether oxygens (including phenoxy) is 1. The van der Waals surface area contributed by atoms with Gasteiger partial charge in [-0.3, -0.25) is 4.79 Å². The second kappa shape index (κ2) is 6.24. The number of hydrogen-bond acceptors (Lipinski definition) is 3. The first kappa shape index (κ1) is 13.5. The lowest BCUT2D eigenvalue weighted by atomic mass is 9.80. The first-order chi connectivity index (χ1) is 7.49. The molecule has 1 aliphatic rings. The van der Waals surface area contributed by atoms with Crippen molar-refractivity contribution >= 4 is 5.97 Å². The van der Waals surface area contributed by atoms with E-state index in [0.717, 1.165) is 5.92 Å². The predicted molar refractivity (Wildman–Crippen MR) is 65.2 cm³/mol. The normalized spacial score (nSPS) is 30.4. The van der Waals surface area contributed by atoms with Gasteiger partial charge in [0.05, 0.1) is 12.6 Å². The Labute approximate surface area is 98.9 Å². The Morgan fingerprint density at radius 2 is 2.06 bits per heavy atom. The van der Waals surface area contributed by atoms with Crippen molar-refractivity contribution < 1.29 is 9.53 Å². The zero-order chi connectivity index (χ0) is 12.1. The molecule has 1 fully saturated rings. The molecule has 0 aromatic carbocycles. The van der Waals surface area contributed by atoms with Crippen molar-refractivity contribution in [3.8, 4) is 0 Å². The van der Waals surface area contributed by atoms with Gasteiger partial charge < -0.3 is 10.1 Å². The van der Waals surface area contributed by atoms with Gasteiger partial charge in [-0.2, -0.15) is 0 Å². The molecule has 0 aromatic heterocycles. The zero-order valence-electron chi connectivity index (χ0n) is 11.0.